The summed E-state index contributed by atoms with van der Waals surface area (Å²) in [6.45, 7) is 2.08. The van der Waals surface area contributed by atoms with Gasteiger partial charge in [0.15, 0.2) is 0 Å². The molecule has 2 fully saturated rings. The maximum absolute atomic E-state index is 14.9. The molecule has 4 nitrogen and oxygen atoms in total. The third-order valence-corrected chi connectivity index (χ3v) is 8.00. The third kappa shape index (κ3) is 6.93. The van der Waals surface area contributed by atoms with Crippen LogP contribution in [0.3, 0.4) is 0 Å². The van der Waals surface area contributed by atoms with Gasteiger partial charge in [-0.05, 0) is 48.8 Å². The van der Waals surface area contributed by atoms with Gasteiger partial charge in [0.05, 0.1) is 22.5 Å². The van der Waals surface area contributed by atoms with Crippen LogP contribution in [0.25, 0.3) is 0 Å². The van der Waals surface area contributed by atoms with E-state index in [4.69, 9.17) is 23.2 Å². The Hall–Kier alpha value is -1.29. The van der Waals surface area contributed by atoms with Gasteiger partial charge in [0.2, 0.25) is 11.8 Å². The van der Waals surface area contributed by atoms with Gasteiger partial charge in [-0.3, -0.25) is 9.59 Å². The Morgan fingerprint density at radius 2 is 1.71 bits per heavy atom. The summed E-state index contributed by atoms with van der Waals surface area (Å²) in [5, 5.41) is 6.55. The van der Waals surface area contributed by atoms with E-state index in [2.05, 4.69) is 22.4 Å². The van der Waals surface area contributed by atoms with Crippen molar-refractivity contribution in [2.24, 2.45) is 11.3 Å². The summed E-state index contributed by atoms with van der Waals surface area (Å²) in [6, 6.07) is 11.7. The van der Waals surface area contributed by atoms with E-state index in [-0.39, 0.29) is 44.8 Å². The van der Waals surface area contributed by atoms with Crippen LogP contribution in [0.4, 0.5) is 4.39 Å². The van der Waals surface area contributed by atoms with Crippen molar-refractivity contribution in [3.05, 3.63) is 69.5 Å². The Morgan fingerprint density at radius 3 is 2.34 bits per heavy atom. The quantitative estimate of drug-likeness (QED) is 0.283. The molecule has 2 radical (unpaired) electrons. The van der Waals surface area contributed by atoms with Crippen LogP contribution in [-0.4, -0.2) is 40.9 Å². The molecule has 0 heterocycles. The van der Waals surface area contributed by atoms with Gasteiger partial charge in [-0.2, -0.15) is 0 Å². The summed E-state index contributed by atoms with van der Waals surface area (Å²) in [6.07, 6.45) is 5.28. The minimum absolute atomic E-state index is 0.0241. The zero-order valence-corrected chi connectivity index (χ0v) is 24.2. The second-order valence-corrected chi connectivity index (χ2v) is 10.4. The SMILES string of the molecule is CC1(C(NC(=O)C2CC(NC(=O)Cc3ccccc3)C2)c2c(F)ccc(Cl)c2Cl)CCCC1.[CH3][Sb]. The molecule has 8 heteroatoms. The zero-order chi connectivity index (χ0) is 25.6. The van der Waals surface area contributed by atoms with Crippen LogP contribution in [-0.2, 0) is 16.0 Å². The van der Waals surface area contributed by atoms with Gasteiger partial charge in [-0.15, -0.1) is 0 Å². The summed E-state index contributed by atoms with van der Waals surface area (Å²) >= 11 is 14.4. The van der Waals surface area contributed by atoms with Crippen LogP contribution < -0.4 is 10.6 Å². The van der Waals surface area contributed by atoms with Crippen molar-refractivity contribution in [1.82, 2.24) is 10.6 Å². The number of carbonyl (C=O) groups excluding carboxylic acids is 2. The Kier molecular flexibility index (Phi) is 10.3. The standard InChI is InChI=1S/C26H29Cl2FN2O2.CH3.Sb/c1-26(11-5-6-12-26)24(22-20(29)10-9-19(27)23(22)28)31-25(33)17-14-18(15-17)30-21(32)13-16-7-3-2-4-8-16;;/h2-4,7-10,17-18,24H,5-6,11-15H2,1H3,(H,30,32)(H,31,33);1H3;. The van der Waals surface area contributed by atoms with E-state index in [1.54, 1.807) is 23.0 Å². The third-order valence-electron chi connectivity index (χ3n) is 7.18. The molecule has 0 aliphatic heterocycles. The van der Waals surface area contributed by atoms with Gasteiger partial charge >= 0.3 is 27.9 Å². The van der Waals surface area contributed by atoms with Gasteiger partial charge in [-0.1, -0.05) is 73.3 Å². The van der Waals surface area contributed by atoms with Crippen molar-refractivity contribution in [2.75, 3.05) is 0 Å². The van der Waals surface area contributed by atoms with Gasteiger partial charge < -0.3 is 10.6 Å². The summed E-state index contributed by atoms with van der Waals surface area (Å²) in [5.41, 5.74) is 0.934. The summed E-state index contributed by atoms with van der Waals surface area (Å²) < 4.78 is 14.9. The van der Waals surface area contributed by atoms with Crippen LogP contribution in [0, 0.1) is 17.2 Å². The number of amides is 2. The molecule has 1 atom stereocenters. The van der Waals surface area contributed by atoms with E-state index in [1.165, 1.54) is 12.1 Å². The molecule has 2 aromatic carbocycles. The second-order valence-electron chi connectivity index (χ2n) is 9.65. The van der Waals surface area contributed by atoms with E-state index in [1.807, 2.05) is 30.3 Å². The zero-order valence-electron chi connectivity index (χ0n) is 20.1. The van der Waals surface area contributed by atoms with Crippen LogP contribution in [0.2, 0.25) is 14.9 Å². The fraction of sp³-hybridized carbons (Fsp3) is 0.481. The molecule has 0 saturated heterocycles. The van der Waals surface area contributed by atoms with Gasteiger partial charge in [-0.25, -0.2) is 4.39 Å². The van der Waals surface area contributed by atoms with Gasteiger partial charge in [0.25, 0.3) is 0 Å². The van der Waals surface area contributed by atoms with Crippen LogP contribution in [0.15, 0.2) is 42.5 Å². The Labute approximate surface area is 231 Å². The average Bonchev–Trinajstić information content (AvgIpc) is 3.27. The first kappa shape index (κ1) is 28.3. The molecule has 2 N–H and O–H groups in total. The molecule has 0 aromatic heterocycles. The molecule has 0 spiro atoms. The summed E-state index contributed by atoms with van der Waals surface area (Å²) in [7, 11) is 0. The summed E-state index contributed by atoms with van der Waals surface area (Å²) in [4.78, 5) is 27.5. The minimum atomic E-state index is -0.551. The number of hydrogen-bond acceptors (Lipinski definition) is 2. The van der Waals surface area contributed by atoms with Crippen LogP contribution in [0.1, 0.15) is 62.6 Å². The van der Waals surface area contributed by atoms with Crippen molar-refractivity contribution in [3.63, 3.8) is 0 Å². The first-order chi connectivity index (χ1) is 16.8. The number of benzene rings is 2. The maximum atomic E-state index is 14.9. The van der Waals surface area contributed by atoms with Crippen LogP contribution in [0.5, 0.6) is 0 Å². The number of carbonyl (C=O) groups is 2. The number of rotatable bonds is 7. The number of nitrogens with one attached hydrogen (secondary N) is 2. The van der Waals surface area contributed by atoms with E-state index in [0.29, 0.717) is 19.3 Å². The Morgan fingerprint density at radius 1 is 1.09 bits per heavy atom. The molecular weight excluding hydrogens is 596 g/mol. The van der Waals surface area contributed by atoms with Crippen molar-refractivity contribution < 1.29 is 14.0 Å². The molecular formula is C27H32Cl2FN2O2Sb. The first-order valence-corrected chi connectivity index (χ1v) is 15.3. The average molecular weight is 628 g/mol. The number of hydrogen-bond donors (Lipinski definition) is 2. The molecule has 2 aliphatic carbocycles. The molecule has 0 bridgehead atoms. The van der Waals surface area contributed by atoms with Crippen molar-refractivity contribution in [2.45, 2.75) is 68.8 Å². The van der Waals surface area contributed by atoms with E-state index in [9.17, 15) is 14.0 Å². The molecule has 2 aliphatic rings. The van der Waals surface area contributed by atoms with Crippen molar-refractivity contribution in [1.29, 1.82) is 0 Å². The molecule has 1 unspecified atom stereocenters. The molecule has 2 saturated carbocycles. The first-order valence-electron chi connectivity index (χ1n) is 12.0. The van der Waals surface area contributed by atoms with Crippen molar-refractivity contribution >= 4 is 58.0 Å². The number of halogens is 3. The fourth-order valence-corrected chi connectivity index (χ4v) is 5.57. The normalized spacial score (nSPS) is 21.2. The predicted molar refractivity (Wildman–Crippen MR) is 140 cm³/mol. The monoisotopic (exact) mass is 626 g/mol. The molecule has 188 valence electrons. The van der Waals surface area contributed by atoms with Crippen LogP contribution >= 0.6 is 23.2 Å². The molecule has 2 aromatic rings. The topological polar surface area (TPSA) is 58.2 Å². The summed E-state index contributed by atoms with van der Waals surface area (Å²) in [5.74, 6) is -0.852. The fourth-order valence-electron chi connectivity index (χ4n) is 5.14. The molecule has 35 heavy (non-hydrogen) atoms. The van der Waals surface area contributed by atoms with E-state index < -0.39 is 11.9 Å². The molecule has 2 amide bonds. The predicted octanol–water partition coefficient (Wildman–Crippen LogP) is 6.21. The van der Waals surface area contributed by atoms with Gasteiger partial charge in [0, 0.05) is 17.5 Å². The van der Waals surface area contributed by atoms with E-state index >= 15 is 0 Å². The Balaban J connectivity index is 0.00000167. The molecule has 4 rings (SSSR count). The van der Waals surface area contributed by atoms with Crippen molar-refractivity contribution in [3.8, 4) is 0 Å². The Bertz CT molecular complexity index is 1030. The second kappa shape index (κ2) is 12.8. The van der Waals surface area contributed by atoms with Gasteiger partial charge in [0.1, 0.15) is 5.82 Å². The van der Waals surface area contributed by atoms with E-state index in [0.717, 1.165) is 31.2 Å².